The van der Waals surface area contributed by atoms with Crippen LogP contribution in [0.5, 0.6) is 0 Å². The second-order valence-corrected chi connectivity index (χ2v) is 8.49. The lowest BCUT2D eigenvalue weighted by molar-refractivity contribution is 0.578. The zero-order valence-corrected chi connectivity index (χ0v) is 15.8. The van der Waals surface area contributed by atoms with Gasteiger partial charge in [-0.1, -0.05) is 11.2 Å². The van der Waals surface area contributed by atoms with E-state index < -0.39 is 11.2 Å². The van der Waals surface area contributed by atoms with E-state index in [1.807, 2.05) is 6.26 Å². The van der Waals surface area contributed by atoms with Crippen LogP contribution in [0.4, 0.5) is 11.8 Å². The molecule has 4 rings (SSSR count). The maximum Gasteiger partial charge on any atom is 0.228 e. The van der Waals surface area contributed by atoms with Crippen LogP contribution in [-0.2, 0) is 11.2 Å². The van der Waals surface area contributed by atoms with Gasteiger partial charge in [-0.3, -0.25) is 0 Å². The van der Waals surface area contributed by atoms with Crippen LogP contribution in [0.2, 0.25) is 0 Å². The van der Waals surface area contributed by atoms with Crippen LogP contribution in [-0.4, -0.2) is 81.5 Å². The van der Waals surface area contributed by atoms with E-state index in [4.69, 9.17) is 9.97 Å². The molecule has 0 amide bonds. The average molecular weight is 380 g/mol. The Hall–Kier alpha value is -1.36. The highest BCUT2D eigenvalue weighted by Gasteiger charge is 2.26. The van der Waals surface area contributed by atoms with Crippen LogP contribution in [0.1, 0.15) is 0 Å². The van der Waals surface area contributed by atoms with Crippen molar-refractivity contribution in [3.8, 4) is 0 Å². The summed E-state index contributed by atoms with van der Waals surface area (Å²) in [5.41, 5.74) is 1.59. The molecule has 134 valence electrons. The first-order valence-corrected chi connectivity index (χ1v) is 11.1. The van der Waals surface area contributed by atoms with Crippen LogP contribution in [0.15, 0.2) is 11.4 Å². The van der Waals surface area contributed by atoms with Crippen molar-refractivity contribution in [2.45, 2.75) is 5.03 Å². The van der Waals surface area contributed by atoms with Crippen LogP contribution < -0.4 is 15.1 Å². The first-order valence-electron chi connectivity index (χ1n) is 8.38. The van der Waals surface area contributed by atoms with Gasteiger partial charge in [-0.05, 0) is 6.26 Å². The molecular weight excluding hydrogens is 358 g/mol. The minimum absolute atomic E-state index is 0.676. The van der Waals surface area contributed by atoms with Gasteiger partial charge in [0.15, 0.2) is 5.82 Å². The highest BCUT2D eigenvalue weighted by Crippen LogP contribution is 2.30. The van der Waals surface area contributed by atoms with Gasteiger partial charge in [0.05, 0.1) is 13.1 Å². The molecular formula is C15H21N7OS2. The molecule has 10 heteroatoms. The zero-order chi connectivity index (χ0) is 17.2. The number of thioether (sulfide) groups is 1. The molecule has 0 aromatic carbocycles. The molecule has 2 aliphatic rings. The summed E-state index contributed by atoms with van der Waals surface area (Å²) >= 11 is 0.845. The molecule has 0 atom stereocenters. The molecule has 2 aromatic heterocycles. The van der Waals surface area contributed by atoms with E-state index in [9.17, 15) is 4.55 Å². The van der Waals surface area contributed by atoms with E-state index in [0.717, 1.165) is 67.1 Å². The van der Waals surface area contributed by atoms with Crippen molar-refractivity contribution in [1.82, 2.24) is 25.3 Å². The molecule has 0 aliphatic carbocycles. The van der Waals surface area contributed by atoms with Crippen molar-refractivity contribution in [2.24, 2.45) is 0 Å². The predicted octanol–water partition coefficient (Wildman–Crippen LogP) is 0.120. The highest BCUT2D eigenvalue weighted by molar-refractivity contribution is 7.98. The third kappa shape index (κ3) is 3.48. The van der Waals surface area contributed by atoms with Gasteiger partial charge in [0.25, 0.3) is 0 Å². The zero-order valence-electron chi connectivity index (χ0n) is 14.1. The summed E-state index contributed by atoms with van der Waals surface area (Å²) in [6.45, 7) is 5.10. The molecule has 1 N–H and O–H groups in total. The average Bonchev–Trinajstić information content (AvgIpc) is 2.68. The van der Waals surface area contributed by atoms with E-state index in [1.54, 1.807) is 18.1 Å². The molecule has 0 unspecified atom stereocenters. The number of anilines is 2. The Kier molecular flexibility index (Phi) is 5.11. The van der Waals surface area contributed by atoms with E-state index in [2.05, 4.69) is 25.1 Å². The second-order valence-electron chi connectivity index (χ2n) is 6.00. The third-order valence-electron chi connectivity index (χ3n) is 4.49. The van der Waals surface area contributed by atoms with Crippen molar-refractivity contribution in [2.75, 3.05) is 66.8 Å². The Labute approximate surface area is 154 Å². The Balaban J connectivity index is 1.81. The topological polar surface area (TPSA) is 93.1 Å². The lowest BCUT2D eigenvalue weighted by Crippen LogP contribution is -2.45. The van der Waals surface area contributed by atoms with Gasteiger partial charge in [-0.2, -0.15) is 4.98 Å². The van der Waals surface area contributed by atoms with Crippen LogP contribution in [0, 0.1) is 0 Å². The van der Waals surface area contributed by atoms with Gasteiger partial charge in [-0.15, -0.1) is 11.8 Å². The number of hydrogen-bond donors (Lipinski definition) is 1. The first kappa shape index (κ1) is 17.1. The third-order valence-corrected chi connectivity index (χ3v) is 6.45. The predicted molar refractivity (Wildman–Crippen MR) is 102 cm³/mol. The fourth-order valence-electron chi connectivity index (χ4n) is 3.13. The summed E-state index contributed by atoms with van der Waals surface area (Å²) in [5.74, 6) is 2.93. The fourth-order valence-corrected chi connectivity index (χ4v) is 4.67. The standard InChI is InChI=1S/C15H21N7OS2/c1-24-14-12-11(17-10-18-14)13(21-6-8-25(23)9-7-21)20-15(19-12)22-4-2-16-3-5-22/h10,16H,2-9H2,1H3. The largest absolute Gasteiger partial charge is 0.616 e. The number of rotatable bonds is 3. The van der Waals surface area contributed by atoms with Crippen LogP contribution in [0.25, 0.3) is 11.0 Å². The van der Waals surface area contributed by atoms with Crippen molar-refractivity contribution in [3.63, 3.8) is 0 Å². The maximum absolute atomic E-state index is 11.7. The van der Waals surface area contributed by atoms with E-state index in [-0.39, 0.29) is 0 Å². The summed E-state index contributed by atoms with van der Waals surface area (Å²) in [5, 5.41) is 4.22. The first-order chi connectivity index (χ1) is 12.3. The molecule has 2 fully saturated rings. The number of piperazine rings is 1. The van der Waals surface area contributed by atoms with Gasteiger partial charge < -0.3 is 19.7 Å². The normalized spacial score (nSPS) is 19.6. The van der Waals surface area contributed by atoms with Gasteiger partial charge >= 0.3 is 0 Å². The van der Waals surface area contributed by atoms with Crippen molar-refractivity contribution in [1.29, 1.82) is 0 Å². The summed E-state index contributed by atoms with van der Waals surface area (Å²) in [4.78, 5) is 22.9. The van der Waals surface area contributed by atoms with Crippen molar-refractivity contribution in [3.05, 3.63) is 6.33 Å². The molecule has 25 heavy (non-hydrogen) atoms. The number of nitrogens with one attached hydrogen (secondary N) is 1. The summed E-state index contributed by atoms with van der Waals surface area (Å²) in [7, 11) is 0. The van der Waals surface area contributed by atoms with Gasteiger partial charge in [0, 0.05) is 26.2 Å². The summed E-state index contributed by atoms with van der Waals surface area (Å²) < 4.78 is 11.7. The van der Waals surface area contributed by atoms with Gasteiger partial charge in [0.2, 0.25) is 5.95 Å². The molecule has 2 aromatic rings. The second kappa shape index (κ2) is 7.48. The number of nitrogens with zero attached hydrogens (tertiary/aromatic N) is 6. The lowest BCUT2D eigenvalue weighted by Gasteiger charge is -2.31. The van der Waals surface area contributed by atoms with Crippen LogP contribution in [0.3, 0.4) is 0 Å². The lowest BCUT2D eigenvalue weighted by atomic mass is 10.3. The summed E-state index contributed by atoms with van der Waals surface area (Å²) in [6, 6.07) is 0. The molecule has 0 bridgehead atoms. The molecule has 4 heterocycles. The number of fused-ring (bicyclic) bond motifs is 1. The molecule has 2 saturated heterocycles. The van der Waals surface area contributed by atoms with Crippen molar-refractivity contribution >= 4 is 45.7 Å². The molecule has 0 spiro atoms. The molecule has 8 nitrogen and oxygen atoms in total. The Morgan fingerprint density at radius 3 is 2.52 bits per heavy atom. The van der Waals surface area contributed by atoms with E-state index in [1.165, 1.54) is 0 Å². The molecule has 2 aliphatic heterocycles. The number of hydrogen-bond acceptors (Lipinski definition) is 9. The monoisotopic (exact) mass is 379 g/mol. The van der Waals surface area contributed by atoms with E-state index in [0.29, 0.717) is 11.5 Å². The minimum Gasteiger partial charge on any atom is -0.616 e. The summed E-state index contributed by atoms with van der Waals surface area (Å²) in [6.07, 6.45) is 3.58. The minimum atomic E-state index is -0.725. The number of aromatic nitrogens is 4. The molecule has 0 radical (unpaired) electrons. The Morgan fingerprint density at radius 1 is 1.04 bits per heavy atom. The Morgan fingerprint density at radius 2 is 1.80 bits per heavy atom. The quantitative estimate of drug-likeness (QED) is 0.453. The van der Waals surface area contributed by atoms with E-state index >= 15 is 0 Å². The van der Waals surface area contributed by atoms with Gasteiger partial charge in [-0.25, -0.2) is 15.0 Å². The SMILES string of the molecule is CSc1ncnc2c(N3CC[S+]([O-])CC3)nc(N3CCNCC3)nc12. The fraction of sp³-hybridized carbons (Fsp3) is 0.600. The smallest absolute Gasteiger partial charge is 0.228 e. The van der Waals surface area contributed by atoms with Gasteiger partial charge in [0.1, 0.15) is 33.9 Å². The Bertz CT molecular complexity index is 748. The van der Waals surface area contributed by atoms with Crippen LogP contribution >= 0.6 is 11.8 Å². The van der Waals surface area contributed by atoms with Crippen molar-refractivity contribution < 1.29 is 4.55 Å². The highest BCUT2D eigenvalue weighted by atomic mass is 32.2. The maximum atomic E-state index is 11.7. The molecule has 0 saturated carbocycles.